The van der Waals surface area contributed by atoms with Gasteiger partial charge in [-0.05, 0) is 43.7 Å². The molecule has 0 radical (unpaired) electrons. The maximum absolute atomic E-state index is 3.48. The molecule has 0 amide bonds. The van der Waals surface area contributed by atoms with Crippen LogP contribution in [0.5, 0.6) is 0 Å². The molecule has 2 atom stereocenters. The van der Waals surface area contributed by atoms with E-state index in [0.29, 0.717) is 11.3 Å². The predicted molar refractivity (Wildman–Crippen MR) is 82.8 cm³/mol. The lowest BCUT2D eigenvalue weighted by Gasteiger charge is -2.19. The summed E-state index contributed by atoms with van der Waals surface area (Å²) in [5.41, 5.74) is 4.30. The maximum Gasteiger partial charge on any atom is 0.0447 e. The zero-order valence-corrected chi connectivity index (χ0v) is 12.2. The van der Waals surface area contributed by atoms with Crippen LogP contribution in [-0.4, -0.2) is 12.3 Å². The summed E-state index contributed by atoms with van der Waals surface area (Å²) >= 11 is 1.99. The molecule has 0 heterocycles. The van der Waals surface area contributed by atoms with Crippen molar-refractivity contribution in [2.75, 3.05) is 7.05 Å². The van der Waals surface area contributed by atoms with Crippen LogP contribution in [0, 0.1) is 6.92 Å². The smallest absolute Gasteiger partial charge is 0.0447 e. The van der Waals surface area contributed by atoms with Crippen LogP contribution in [0.15, 0.2) is 53.4 Å². The standard InChI is InChI=1S/C17H19NS/c1-12-6-5-8-14(10-12)19-16-11-13-7-3-4-9-15(13)17(16)18-2/h3-10,16-18H,11H2,1-2H3. The summed E-state index contributed by atoms with van der Waals surface area (Å²) in [6, 6.07) is 18.1. The third-order valence-electron chi connectivity index (χ3n) is 3.77. The highest BCUT2D eigenvalue weighted by atomic mass is 32.2. The number of thioether (sulfide) groups is 1. The van der Waals surface area contributed by atoms with E-state index < -0.39 is 0 Å². The number of aryl methyl sites for hydroxylation is 1. The lowest BCUT2D eigenvalue weighted by atomic mass is 10.1. The zero-order chi connectivity index (χ0) is 13.2. The Bertz CT molecular complexity index is 579. The van der Waals surface area contributed by atoms with Crippen molar-refractivity contribution >= 4 is 11.8 Å². The SMILES string of the molecule is CNC1c2ccccc2CC1Sc1cccc(C)c1. The highest BCUT2D eigenvalue weighted by molar-refractivity contribution is 8.00. The summed E-state index contributed by atoms with van der Waals surface area (Å²) in [6.07, 6.45) is 1.15. The van der Waals surface area contributed by atoms with Crippen molar-refractivity contribution in [1.29, 1.82) is 0 Å². The van der Waals surface area contributed by atoms with Gasteiger partial charge in [0.25, 0.3) is 0 Å². The molecule has 0 aromatic heterocycles. The summed E-state index contributed by atoms with van der Waals surface area (Å²) in [6.45, 7) is 2.16. The van der Waals surface area contributed by atoms with Gasteiger partial charge >= 0.3 is 0 Å². The number of benzene rings is 2. The first-order chi connectivity index (χ1) is 9.28. The second-order valence-electron chi connectivity index (χ2n) is 5.14. The highest BCUT2D eigenvalue weighted by Crippen LogP contribution is 2.41. The van der Waals surface area contributed by atoms with Crippen molar-refractivity contribution < 1.29 is 0 Å². The van der Waals surface area contributed by atoms with Crippen LogP contribution in [-0.2, 0) is 6.42 Å². The third kappa shape index (κ3) is 2.56. The minimum absolute atomic E-state index is 0.460. The van der Waals surface area contributed by atoms with Gasteiger partial charge in [0.2, 0.25) is 0 Å². The first-order valence-electron chi connectivity index (χ1n) is 6.76. The Morgan fingerprint density at radius 1 is 1.11 bits per heavy atom. The molecule has 0 saturated carbocycles. The fraction of sp³-hybridized carbons (Fsp3) is 0.294. The van der Waals surface area contributed by atoms with E-state index in [1.807, 2.05) is 11.8 Å². The molecule has 1 nitrogen and oxygen atoms in total. The minimum Gasteiger partial charge on any atom is -0.312 e. The van der Waals surface area contributed by atoms with Crippen molar-refractivity contribution in [2.24, 2.45) is 0 Å². The molecule has 0 fully saturated rings. The number of rotatable bonds is 3. The second kappa shape index (κ2) is 5.40. The van der Waals surface area contributed by atoms with E-state index in [1.54, 1.807) is 0 Å². The van der Waals surface area contributed by atoms with Crippen LogP contribution in [0.3, 0.4) is 0 Å². The molecule has 0 aliphatic heterocycles. The van der Waals surface area contributed by atoms with Gasteiger partial charge in [-0.3, -0.25) is 0 Å². The summed E-state index contributed by atoms with van der Waals surface area (Å²) in [5, 5.41) is 4.07. The van der Waals surface area contributed by atoms with E-state index >= 15 is 0 Å². The van der Waals surface area contributed by atoms with E-state index in [2.05, 4.69) is 67.8 Å². The van der Waals surface area contributed by atoms with Crippen LogP contribution >= 0.6 is 11.8 Å². The Morgan fingerprint density at radius 2 is 1.95 bits per heavy atom. The van der Waals surface area contributed by atoms with Crippen LogP contribution in [0.1, 0.15) is 22.7 Å². The molecule has 2 unspecified atom stereocenters. The molecule has 0 bridgehead atoms. The van der Waals surface area contributed by atoms with Gasteiger partial charge in [0.1, 0.15) is 0 Å². The lowest BCUT2D eigenvalue weighted by molar-refractivity contribution is 0.603. The normalized spacial score (nSPS) is 21.4. The van der Waals surface area contributed by atoms with Gasteiger partial charge in [0.05, 0.1) is 0 Å². The van der Waals surface area contributed by atoms with E-state index in [-0.39, 0.29) is 0 Å². The molecule has 98 valence electrons. The molecule has 2 heteroatoms. The number of fused-ring (bicyclic) bond motifs is 1. The van der Waals surface area contributed by atoms with Crippen molar-refractivity contribution in [3.63, 3.8) is 0 Å². The van der Waals surface area contributed by atoms with Crippen LogP contribution in [0.4, 0.5) is 0 Å². The average Bonchev–Trinajstić information content (AvgIpc) is 2.75. The van der Waals surface area contributed by atoms with Gasteiger partial charge in [0, 0.05) is 16.2 Å². The highest BCUT2D eigenvalue weighted by Gasteiger charge is 2.31. The lowest BCUT2D eigenvalue weighted by Crippen LogP contribution is -2.23. The molecule has 2 aromatic rings. The molecule has 1 N–H and O–H groups in total. The zero-order valence-electron chi connectivity index (χ0n) is 11.4. The molecule has 3 rings (SSSR count). The number of nitrogens with one attached hydrogen (secondary N) is 1. The molecule has 0 saturated heterocycles. The summed E-state index contributed by atoms with van der Waals surface area (Å²) in [4.78, 5) is 1.37. The number of hydrogen-bond acceptors (Lipinski definition) is 2. The first-order valence-corrected chi connectivity index (χ1v) is 7.64. The van der Waals surface area contributed by atoms with Gasteiger partial charge in [-0.2, -0.15) is 0 Å². The summed E-state index contributed by atoms with van der Waals surface area (Å²) in [5.74, 6) is 0. The fourth-order valence-corrected chi connectivity index (χ4v) is 4.32. The molecular weight excluding hydrogens is 250 g/mol. The van der Waals surface area contributed by atoms with Gasteiger partial charge < -0.3 is 5.32 Å². The third-order valence-corrected chi connectivity index (χ3v) is 5.04. The Balaban J connectivity index is 1.83. The largest absolute Gasteiger partial charge is 0.312 e. The summed E-state index contributed by atoms with van der Waals surface area (Å²) in [7, 11) is 2.07. The van der Waals surface area contributed by atoms with E-state index in [1.165, 1.54) is 21.6 Å². The number of hydrogen-bond donors (Lipinski definition) is 1. The van der Waals surface area contributed by atoms with E-state index in [9.17, 15) is 0 Å². The van der Waals surface area contributed by atoms with Crippen LogP contribution in [0.2, 0.25) is 0 Å². The molecule has 1 aliphatic rings. The Morgan fingerprint density at radius 3 is 2.74 bits per heavy atom. The molecule has 1 aliphatic carbocycles. The summed E-state index contributed by atoms with van der Waals surface area (Å²) < 4.78 is 0. The Kier molecular flexibility index (Phi) is 3.63. The van der Waals surface area contributed by atoms with Gasteiger partial charge in [0.15, 0.2) is 0 Å². The maximum atomic E-state index is 3.48. The van der Waals surface area contributed by atoms with Crippen LogP contribution < -0.4 is 5.32 Å². The quantitative estimate of drug-likeness (QED) is 0.904. The van der Waals surface area contributed by atoms with Gasteiger partial charge in [-0.1, -0.05) is 42.0 Å². The van der Waals surface area contributed by atoms with Crippen molar-refractivity contribution in [3.8, 4) is 0 Å². The Hall–Kier alpha value is -1.25. The van der Waals surface area contributed by atoms with Gasteiger partial charge in [-0.15, -0.1) is 11.8 Å². The molecule has 0 spiro atoms. The van der Waals surface area contributed by atoms with Crippen LogP contribution in [0.25, 0.3) is 0 Å². The Labute approximate surface area is 119 Å². The minimum atomic E-state index is 0.460. The second-order valence-corrected chi connectivity index (χ2v) is 6.45. The first kappa shape index (κ1) is 12.8. The topological polar surface area (TPSA) is 12.0 Å². The van der Waals surface area contributed by atoms with E-state index in [4.69, 9.17) is 0 Å². The van der Waals surface area contributed by atoms with E-state index in [0.717, 1.165) is 6.42 Å². The molecule has 19 heavy (non-hydrogen) atoms. The molecule has 2 aromatic carbocycles. The van der Waals surface area contributed by atoms with Crippen molar-refractivity contribution in [2.45, 2.75) is 29.5 Å². The van der Waals surface area contributed by atoms with Gasteiger partial charge in [-0.25, -0.2) is 0 Å². The predicted octanol–water partition coefficient (Wildman–Crippen LogP) is 3.97. The average molecular weight is 269 g/mol. The fourth-order valence-electron chi connectivity index (χ4n) is 2.87. The molecular formula is C17H19NS. The monoisotopic (exact) mass is 269 g/mol. The van der Waals surface area contributed by atoms with Crippen molar-refractivity contribution in [1.82, 2.24) is 5.32 Å². The van der Waals surface area contributed by atoms with Crippen molar-refractivity contribution in [3.05, 3.63) is 65.2 Å².